The van der Waals surface area contributed by atoms with Crippen molar-refractivity contribution in [3.8, 4) is 11.5 Å². The second-order valence-corrected chi connectivity index (χ2v) is 6.70. The van der Waals surface area contributed by atoms with Crippen molar-refractivity contribution in [1.29, 1.82) is 0 Å². The molecule has 3 aromatic rings. The smallest absolute Gasteiger partial charge is 0.247 e. The minimum atomic E-state index is 0.0506. The van der Waals surface area contributed by atoms with Crippen LogP contribution in [0.5, 0.6) is 0 Å². The van der Waals surface area contributed by atoms with E-state index >= 15 is 0 Å². The van der Waals surface area contributed by atoms with Crippen LogP contribution in [0.15, 0.2) is 38.5 Å². The molecule has 20 heavy (non-hydrogen) atoms. The van der Waals surface area contributed by atoms with E-state index in [1.54, 1.807) is 17.3 Å². The predicted molar refractivity (Wildman–Crippen MR) is 78.7 cm³/mol. The fourth-order valence-electron chi connectivity index (χ4n) is 1.63. The van der Waals surface area contributed by atoms with Crippen LogP contribution in [0.2, 0.25) is 0 Å². The van der Waals surface area contributed by atoms with Gasteiger partial charge >= 0.3 is 0 Å². The number of aromatic nitrogens is 4. The molecule has 0 saturated heterocycles. The third-order valence-electron chi connectivity index (χ3n) is 2.70. The molecule has 5 nitrogen and oxygen atoms in total. The van der Waals surface area contributed by atoms with Gasteiger partial charge in [0.1, 0.15) is 5.51 Å². The van der Waals surface area contributed by atoms with Crippen molar-refractivity contribution in [2.24, 2.45) is 0 Å². The average Bonchev–Trinajstić information content (AvgIpc) is 3.10. The first kappa shape index (κ1) is 13.3. The molecule has 0 amide bonds. The molecule has 3 rings (SSSR count). The van der Waals surface area contributed by atoms with Gasteiger partial charge in [-0.05, 0) is 26.0 Å². The predicted octanol–water partition coefficient (Wildman–Crippen LogP) is 3.75. The van der Waals surface area contributed by atoms with Crippen LogP contribution < -0.4 is 0 Å². The van der Waals surface area contributed by atoms with E-state index in [-0.39, 0.29) is 5.25 Å². The largest absolute Gasteiger partial charge is 0.419 e. The monoisotopic (exact) mass is 304 g/mol. The van der Waals surface area contributed by atoms with Gasteiger partial charge in [-0.1, -0.05) is 40.8 Å². The van der Waals surface area contributed by atoms with E-state index in [1.165, 1.54) is 16.9 Å². The Hall–Kier alpha value is -1.73. The Bertz CT molecular complexity index is 679. The Labute approximate surface area is 124 Å². The summed E-state index contributed by atoms with van der Waals surface area (Å²) in [6.45, 7) is 4.06. The van der Waals surface area contributed by atoms with Gasteiger partial charge < -0.3 is 4.42 Å². The van der Waals surface area contributed by atoms with Gasteiger partial charge in [-0.2, -0.15) is 0 Å². The highest BCUT2D eigenvalue weighted by Gasteiger charge is 2.17. The molecule has 0 aliphatic carbocycles. The zero-order chi connectivity index (χ0) is 13.9. The van der Waals surface area contributed by atoms with Gasteiger partial charge in [0.05, 0.1) is 5.25 Å². The number of benzene rings is 1. The van der Waals surface area contributed by atoms with E-state index in [2.05, 4.69) is 20.4 Å². The first-order chi connectivity index (χ1) is 9.72. The Morgan fingerprint density at radius 2 is 1.95 bits per heavy atom. The Morgan fingerprint density at radius 1 is 1.15 bits per heavy atom. The SMILES string of the molecule is Cc1ccc(-c2nnc(C(C)Sc3nncs3)o2)cc1. The minimum absolute atomic E-state index is 0.0506. The molecule has 0 aliphatic rings. The first-order valence-electron chi connectivity index (χ1n) is 6.05. The molecule has 0 aliphatic heterocycles. The molecule has 2 heterocycles. The van der Waals surface area contributed by atoms with Gasteiger partial charge in [0.2, 0.25) is 11.8 Å². The summed E-state index contributed by atoms with van der Waals surface area (Å²) in [6, 6.07) is 8.02. The molecule has 0 spiro atoms. The van der Waals surface area contributed by atoms with E-state index in [9.17, 15) is 0 Å². The zero-order valence-corrected chi connectivity index (χ0v) is 12.6. The van der Waals surface area contributed by atoms with Crippen molar-refractivity contribution in [3.05, 3.63) is 41.2 Å². The van der Waals surface area contributed by atoms with Gasteiger partial charge in [-0.15, -0.1) is 20.4 Å². The molecule has 1 unspecified atom stereocenters. The van der Waals surface area contributed by atoms with Crippen molar-refractivity contribution in [1.82, 2.24) is 20.4 Å². The van der Waals surface area contributed by atoms with Crippen LogP contribution in [0, 0.1) is 6.92 Å². The zero-order valence-electron chi connectivity index (χ0n) is 11.0. The maximum Gasteiger partial charge on any atom is 0.247 e. The molecule has 0 bridgehead atoms. The molecule has 1 atom stereocenters. The van der Waals surface area contributed by atoms with Crippen molar-refractivity contribution in [2.45, 2.75) is 23.4 Å². The number of rotatable bonds is 4. The summed E-state index contributed by atoms with van der Waals surface area (Å²) < 4.78 is 6.63. The molecular weight excluding hydrogens is 292 g/mol. The van der Waals surface area contributed by atoms with Gasteiger partial charge in [-0.25, -0.2) is 0 Å². The van der Waals surface area contributed by atoms with Crippen molar-refractivity contribution < 1.29 is 4.42 Å². The lowest BCUT2D eigenvalue weighted by molar-refractivity contribution is 0.509. The van der Waals surface area contributed by atoms with E-state index in [4.69, 9.17) is 4.42 Å². The fourth-order valence-corrected chi connectivity index (χ4v) is 3.28. The molecular formula is C13H12N4OS2. The second kappa shape index (κ2) is 5.72. The normalized spacial score (nSPS) is 12.5. The third kappa shape index (κ3) is 2.88. The van der Waals surface area contributed by atoms with Crippen LogP contribution in [0.1, 0.15) is 23.6 Å². The van der Waals surface area contributed by atoms with E-state index < -0.39 is 0 Å². The lowest BCUT2D eigenvalue weighted by Crippen LogP contribution is -1.88. The molecule has 2 aromatic heterocycles. The van der Waals surface area contributed by atoms with Gasteiger partial charge in [-0.3, -0.25) is 0 Å². The molecule has 0 radical (unpaired) electrons. The van der Waals surface area contributed by atoms with Gasteiger partial charge in [0.15, 0.2) is 4.34 Å². The van der Waals surface area contributed by atoms with Gasteiger partial charge in [0.25, 0.3) is 0 Å². The highest BCUT2D eigenvalue weighted by atomic mass is 32.2. The number of nitrogens with zero attached hydrogens (tertiary/aromatic N) is 4. The summed E-state index contributed by atoms with van der Waals surface area (Å²) in [7, 11) is 0. The summed E-state index contributed by atoms with van der Waals surface area (Å²) in [4.78, 5) is 0. The molecule has 1 aromatic carbocycles. The van der Waals surface area contributed by atoms with Crippen LogP contribution in [-0.4, -0.2) is 20.4 Å². The Balaban J connectivity index is 1.77. The van der Waals surface area contributed by atoms with Crippen molar-refractivity contribution in [2.75, 3.05) is 0 Å². The first-order valence-corrected chi connectivity index (χ1v) is 7.81. The summed E-state index contributed by atoms with van der Waals surface area (Å²) >= 11 is 3.06. The summed E-state index contributed by atoms with van der Waals surface area (Å²) in [5, 5.41) is 16.1. The van der Waals surface area contributed by atoms with Crippen molar-refractivity contribution >= 4 is 23.1 Å². The molecule has 0 fully saturated rings. The molecule has 0 N–H and O–H groups in total. The van der Waals surface area contributed by atoms with Crippen LogP contribution in [0.4, 0.5) is 0 Å². The number of hydrogen-bond acceptors (Lipinski definition) is 7. The van der Waals surface area contributed by atoms with E-state index in [0.29, 0.717) is 11.8 Å². The summed E-state index contributed by atoms with van der Waals surface area (Å²) in [5.74, 6) is 1.14. The second-order valence-electron chi connectivity index (χ2n) is 4.28. The fraction of sp³-hybridized carbons (Fsp3) is 0.231. The number of hydrogen-bond donors (Lipinski definition) is 0. The minimum Gasteiger partial charge on any atom is -0.419 e. The highest BCUT2D eigenvalue weighted by Crippen LogP contribution is 2.35. The van der Waals surface area contributed by atoms with Crippen LogP contribution >= 0.6 is 23.1 Å². The number of aryl methyl sites for hydroxylation is 1. The lowest BCUT2D eigenvalue weighted by Gasteiger charge is -2.02. The maximum atomic E-state index is 5.73. The summed E-state index contributed by atoms with van der Waals surface area (Å²) in [6.07, 6.45) is 0. The van der Waals surface area contributed by atoms with Crippen LogP contribution in [0.3, 0.4) is 0 Å². The average molecular weight is 304 g/mol. The molecule has 102 valence electrons. The van der Waals surface area contributed by atoms with Crippen LogP contribution in [-0.2, 0) is 0 Å². The highest BCUT2D eigenvalue weighted by molar-refractivity contribution is 8.01. The standard InChI is InChI=1S/C13H12N4OS2/c1-8-3-5-10(6-4-8)12-16-15-11(18-12)9(2)20-13-17-14-7-19-13/h3-7,9H,1-2H3. The van der Waals surface area contributed by atoms with E-state index in [0.717, 1.165) is 9.90 Å². The lowest BCUT2D eigenvalue weighted by atomic mass is 10.1. The molecule has 0 saturated carbocycles. The van der Waals surface area contributed by atoms with E-state index in [1.807, 2.05) is 38.1 Å². The summed E-state index contributed by atoms with van der Waals surface area (Å²) in [5.41, 5.74) is 3.84. The quantitative estimate of drug-likeness (QED) is 0.684. The van der Waals surface area contributed by atoms with Crippen LogP contribution in [0.25, 0.3) is 11.5 Å². The Kier molecular flexibility index (Phi) is 3.79. The Morgan fingerprint density at radius 3 is 2.65 bits per heavy atom. The van der Waals surface area contributed by atoms with Crippen molar-refractivity contribution in [3.63, 3.8) is 0 Å². The number of thioether (sulfide) groups is 1. The van der Waals surface area contributed by atoms with Gasteiger partial charge in [0, 0.05) is 5.56 Å². The third-order valence-corrected chi connectivity index (χ3v) is 4.60. The topological polar surface area (TPSA) is 64.7 Å². The maximum absolute atomic E-state index is 5.73. The molecule has 7 heteroatoms.